The van der Waals surface area contributed by atoms with E-state index in [1.165, 1.54) is 6.07 Å². The van der Waals surface area contributed by atoms with Gasteiger partial charge in [0.1, 0.15) is 23.0 Å². The first kappa shape index (κ1) is 14.9. The number of furan rings is 1. The minimum atomic E-state index is -3.57. The average molecular weight is 305 g/mol. The number of aryl methyl sites for hydroxylation is 1. The van der Waals surface area contributed by atoms with Crippen molar-refractivity contribution in [1.29, 1.82) is 0 Å². The maximum absolute atomic E-state index is 12.2. The first-order chi connectivity index (χ1) is 8.92. The molecule has 0 radical (unpaired) electrons. The highest BCUT2D eigenvalue weighted by Crippen LogP contribution is 2.42. The van der Waals surface area contributed by atoms with Crippen LogP contribution in [0.3, 0.4) is 0 Å². The van der Waals surface area contributed by atoms with Gasteiger partial charge in [-0.1, -0.05) is 6.42 Å². The molecule has 0 aromatic carbocycles. The molecule has 7 heteroatoms. The number of aliphatic hydroxyl groups excluding tert-OH is 1. The van der Waals surface area contributed by atoms with Gasteiger partial charge in [-0.3, -0.25) is 0 Å². The van der Waals surface area contributed by atoms with Crippen molar-refractivity contribution >= 4 is 21.8 Å². The van der Waals surface area contributed by atoms with E-state index in [2.05, 4.69) is 4.72 Å². The normalized spacial score (nSPS) is 18.3. The number of rotatable bonds is 6. The third kappa shape index (κ3) is 2.99. The van der Waals surface area contributed by atoms with E-state index in [1.807, 2.05) is 6.26 Å². The smallest absolute Gasteiger partial charge is 0.244 e. The lowest BCUT2D eigenvalue weighted by molar-refractivity contribution is 0.244. The summed E-state index contributed by atoms with van der Waals surface area (Å²) in [6.07, 6.45) is 5.26. The molecule has 1 aromatic rings. The van der Waals surface area contributed by atoms with Gasteiger partial charge in [0.05, 0.1) is 0 Å². The van der Waals surface area contributed by atoms with Crippen LogP contribution >= 0.6 is 11.8 Å². The van der Waals surface area contributed by atoms with Crippen LogP contribution in [-0.2, 0) is 16.6 Å². The van der Waals surface area contributed by atoms with Gasteiger partial charge in [-0.2, -0.15) is 11.8 Å². The average Bonchev–Trinajstić information content (AvgIpc) is 2.70. The van der Waals surface area contributed by atoms with Crippen LogP contribution in [0.1, 0.15) is 30.8 Å². The molecule has 19 heavy (non-hydrogen) atoms. The molecule has 1 saturated carbocycles. The SMILES string of the molecule is CSC1(CNS(=O)(=O)c2cc(CO)oc2C)CCC1. The van der Waals surface area contributed by atoms with Crippen molar-refractivity contribution in [1.82, 2.24) is 4.72 Å². The van der Waals surface area contributed by atoms with Crippen molar-refractivity contribution in [2.45, 2.75) is 42.4 Å². The highest BCUT2D eigenvalue weighted by molar-refractivity contribution is 8.00. The van der Waals surface area contributed by atoms with E-state index in [9.17, 15) is 8.42 Å². The van der Waals surface area contributed by atoms with Gasteiger partial charge in [0.15, 0.2) is 0 Å². The van der Waals surface area contributed by atoms with Crippen LogP contribution in [-0.4, -0.2) is 31.1 Å². The molecule has 2 rings (SSSR count). The van der Waals surface area contributed by atoms with Crippen LogP contribution in [0.4, 0.5) is 0 Å². The Balaban J connectivity index is 2.11. The predicted molar refractivity (Wildman–Crippen MR) is 74.7 cm³/mol. The van der Waals surface area contributed by atoms with Gasteiger partial charge < -0.3 is 9.52 Å². The Labute approximate surface area is 117 Å². The van der Waals surface area contributed by atoms with E-state index in [0.717, 1.165) is 19.3 Å². The molecule has 1 aromatic heterocycles. The maximum Gasteiger partial charge on any atom is 0.244 e. The Morgan fingerprint density at radius 3 is 2.63 bits per heavy atom. The van der Waals surface area contributed by atoms with Crippen molar-refractivity contribution in [3.63, 3.8) is 0 Å². The number of sulfonamides is 1. The van der Waals surface area contributed by atoms with E-state index in [4.69, 9.17) is 9.52 Å². The summed E-state index contributed by atoms with van der Waals surface area (Å²) in [6.45, 7) is 1.72. The second kappa shape index (κ2) is 5.47. The quantitative estimate of drug-likeness (QED) is 0.835. The minimum absolute atomic E-state index is 0.0461. The van der Waals surface area contributed by atoms with Crippen molar-refractivity contribution < 1.29 is 17.9 Å². The van der Waals surface area contributed by atoms with Crippen LogP contribution in [0.25, 0.3) is 0 Å². The van der Waals surface area contributed by atoms with Gasteiger partial charge in [0, 0.05) is 17.4 Å². The summed E-state index contributed by atoms with van der Waals surface area (Å²) in [5.74, 6) is 0.574. The molecule has 0 spiro atoms. The van der Waals surface area contributed by atoms with E-state index in [-0.39, 0.29) is 22.0 Å². The number of hydrogen-bond donors (Lipinski definition) is 2. The summed E-state index contributed by atoms with van der Waals surface area (Å²) in [5.41, 5.74) is 0. The molecule has 1 heterocycles. The number of nitrogens with one attached hydrogen (secondary N) is 1. The standard InChI is InChI=1S/C12H19NO4S2/c1-9-11(6-10(7-14)17-9)19(15,16)13-8-12(18-2)4-3-5-12/h6,13-14H,3-5,7-8H2,1-2H3. The van der Waals surface area contributed by atoms with E-state index in [1.54, 1.807) is 18.7 Å². The monoisotopic (exact) mass is 305 g/mol. The summed E-state index contributed by atoms with van der Waals surface area (Å²) in [5, 5.41) is 8.97. The molecule has 0 aliphatic heterocycles. The van der Waals surface area contributed by atoms with Gasteiger partial charge in [0.2, 0.25) is 10.0 Å². The predicted octanol–water partition coefficient (Wildman–Crippen LogP) is 1.64. The summed E-state index contributed by atoms with van der Waals surface area (Å²) < 4.78 is 32.3. The van der Waals surface area contributed by atoms with E-state index in [0.29, 0.717) is 12.3 Å². The van der Waals surface area contributed by atoms with E-state index >= 15 is 0 Å². The molecule has 5 nitrogen and oxygen atoms in total. The second-order valence-corrected chi connectivity index (χ2v) is 7.87. The summed E-state index contributed by atoms with van der Waals surface area (Å²) >= 11 is 1.72. The Hall–Kier alpha value is -0.500. The number of thioether (sulfide) groups is 1. The molecule has 0 unspecified atom stereocenters. The van der Waals surface area contributed by atoms with Crippen molar-refractivity contribution in [3.8, 4) is 0 Å². The van der Waals surface area contributed by atoms with Crippen LogP contribution < -0.4 is 4.72 Å². The highest BCUT2D eigenvalue weighted by atomic mass is 32.2. The van der Waals surface area contributed by atoms with Crippen LogP contribution in [0, 0.1) is 6.92 Å². The van der Waals surface area contributed by atoms with Crippen LogP contribution in [0.15, 0.2) is 15.4 Å². The minimum Gasteiger partial charge on any atom is -0.462 e. The van der Waals surface area contributed by atoms with Crippen LogP contribution in [0.2, 0.25) is 0 Å². The van der Waals surface area contributed by atoms with Gasteiger partial charge in [-0.25, -0.2) is 13.1 Å². The summed E-state index contributed by atoms with van der Waals surface area (Å²) in [4.78, 5) is 0.118. The lowest BCUT2D eigenvalue weighted by atomic mass is 9.84. The fourth-order valence-electron chi connectivity index (χ4n) is 2.20. The van der Waals surface area contributed by atoms with Gasteiger partial charge in [-0.15, -0.1) is 0 Å². The first-order valence-corrected chi connectivity index (χ1v) is 8.88. The van der Waals surface area contributed by atoms with E-state index < -0.39 is 10.0 Å². The molecule has 1 aliphatic rings. The lowest BCUT2D eigenvalue weighted by Gasteiger charge is -2.40. The van der Waals surface area contributed by atoms with Gasteiger partial charge >= 0.3 is 0 Å². The lowest BCUT2D eigenvalue weighted by Crippen LogP contribution is -2.45. The Morgan fingerprint density at radius 2 is 2.21 bits per heavy atom. The largest absolute Gasteiger partial charge is 0.462 e. The van der Waals surface area contributed by atoms with Gasteiger partial charge in [0.25, 0.3) is 0 Å². The Kier molecular flexibility index (Phi) is 4.29. The molecule has 0 saturated heterocycles. The molecule has 108 valence electrons. The second-order valence-electron chi connectivity index (χ2n) is 4.86. The van der Waals surface area contributed by atoms with Crippen LogP contribution in [0.5, 0.6) is 0 Å². The molecule has 0 bridgehead atoms. The highest BCUT2D eigenvalue weighted by Gasteiger charge is 2.37. The molecule has 0 atom stereocenters. The number of hydrogen-bond acceptors (Lipinski definition) is 5. The molecule has 0 amide bonds. The summed E-state index contributed by atoms with van der Waals surface area (Å²) in [7, 11) is -3.57. The summed E-state index contributed by atoms with van der Waals surface area (Å²) in [6, 6.07) is 1.38. The fourth-order valence-corrected chi connectivity index (χ4v) is 4.53. The molecule has 1 fully saturated rings. The molecule has 1 aliphatic carbocycles. The molecule has 2 N–H and O–H groups in total. The van der Waals surface area contributed by atoms with Crippen molar-refractivity contribution in [2.75, 3.05) is 12.8 Å². The molecular formula is C12H19NO4S2. The third-order valence-corrected chi connectivity index (χ3v) is 6.58. The number of aliphatic hydroxyl groups is 1. The molecular weight excluding hydrogens is 286 g/mol. The Morgan fingerprint density at radius 1 is 1.53 bits per heavy atom. The zero-order valence-electron chi connectivity index (χ0n) is 11.1. The first-order valence-electron chi connectivity index (χ1n) is 6.17. The maximum atomic E-state index is 12.2. The fraction of sp³-hybridized carbons (Fsp3) is 0.667. The van der Waals surface area contributed by atoms with Crippen molar-refractivity contribution in [2.24, 2.45) is 0 Å². The zero-order chi connectivity index (χ0) is 14.1. The zero-order valence-corrected chi connectivity index (χ0v) is 12.7. The topological polar surface area (TPSA) is 79.5 Å². The van der Waals surface area contributed by atoms with Crippen molar-refractivity contribution in [3.05, 3.63) is 17.6 Å². The Bertz CT molecular complexity index is 541. The van der Waals surface area contributed by atoms with Gasteiger partial charge in [-0.05, 0) is 26.0 Å². The third-order valence-electron chi connectivity index (χ3n) is 3.65.